The number of methoxy groups -OCH3 is 1. The van der Waals surface area contributed by atoms with Crippen LogP contribution in [-0.4, -0.2) is 35.4 Å². The molecule has 0 aliphatic carbocycles. The molecule has 4 nitrogen and oxygen atoms in total. The lowest BCUT2D eigenvalue weighted by Gasteiger charge is -2.07. The first-order valence-electron chi connectivity index (χ1n) is 6.49. The van der Waals surface area contributed by atoms with Gasteiger partial charge in [0, 0.05) is 37.5 Å². The zero-order chi connectivity index (χ0) is 13.7. The molecular formula is C13H21N3OS2. The normalized spacial score (nSPS) is 11.8. The van der Waals surface area contributed by atoms with Crippen molar-refractivity contribution in [1.82, 2.24) is 14.7 Å². The number of thiazole rings is 1. The van der Waals surface area contributed by atoms with Crippen molar-refractivity contribution < 1.29 is 4.74 Å². The molecule has 0 spiro atoms. The summed E-state index contributed by atoms with van der Waals surface area (Å²) < 4.78 is 7.24. The van der Waals surface area contributed by atoms with Crippen molar-refractivity contribution in [3.8, 4) is 0 Å². The highest BCUT2D eigenvalue weighted by Gasteiger charge is 2.13. The van der Waals surface area contributed by atoms with E-state index in [0.29, 0.717) is 5.92 Å². The molecule has 0 bridgehead atoms. The van der Waals surface area contributed by atoms with E-state index in [0.717, 1.165) is 35.4 Å². The van der Waals surface area contributed by atoms with Gasteiger partial charge in [-0.3, -0.25) is 4.40 Å². The largest absolute Gasteiger partial charge is 0.383 e. The maximum Gasteiger partial charge on any atom is 0.194 e. The Balaban J connectivity index is 2.07. The van der Waals surface area contributed by atoms with Crippen LogP contribution < -0.4 is 5.32 Å². The lowest BCUT2D eigenvalue weighted by molar-refractivity contribution is 0.199. The van der Waals surface area contributed by atoms with Crippen molar-refractivity contribution in [2.75, 3.05) is 26.0 Å². The maximum atomic E-state index is 5.05. The van der Waals surface area contributed by atoms with E-state index in [1.54, 1.807) is 18.4 Å². The Labute approximate surface area is 122 Å². The molecule has 1 N–H and O–H groups in total. The van der Waals surface area contributed by atoms with E-state index in [9.17, 15) is 0 Å². The third-order valence-corrected chi connectivity index (χ3v) is 4.84. The number of hydrogen-bond acceptors (Lipinski definition) is 5. The number of nitrogens with one attached hydrogen (secondary N) is 1. The number of hydrogen-bond donors (Lipinski definition) is 1. The zero-order valence-corrected chi connectivity index (χ0v) is 13.3. The second kappa shape index (κ2) is 7.28. The van der Waals surface area contributed by atoms with Crippen LogP contribution in [0.1, 0.15) is 19.5 Å². The molecule has 2 heterocycles. The van der Waals surface area contributed by atoms with Gasteiger partial charge >= 0.3 is 0 Å². The van der Waals surface area contributed by atoms with E-state index in [-0.39, 0.29) is 0 Å². The van der Waals surface area contributed by atoms with Gasteiger partial charge in [-0.25, -0.2) is 4.98 Å². The molecular weight excluding hydrogens is 278 g/mol. The standard InChI is InChI=1S/C13H21N3OS2/c1-10(2)9-19-12-11(8-14-4-6-17-3)16-5-7-18-13(16)15-12/h5,7,10,14H,4,6,8-9H2,1-3H3. The Bertz CT molecular complexity index is 507. The molecule has 0 aliphatic rings. The van der Waals surface area contributed by atoms with E-state index < -0.39 is 0 Å². The minimum Gasteiger partial charge on any atom is -0.383 e. The van der Waals surface area contributed by atoms with Crippen LogP contribution in [0.25, 0.3) is 4.96 Å². The predicted octanol–water partition coefficient (Wildman–Crippen LogP) is 2.88. The highest BCUT2D eigenvalue weighted by atomic mass is 32.2. The molecule has 0 aliphatic heterocycles. The number of rotatable bonds is 8. The summed E-state index contributed by atoms with van der Waals surface area (Å²) in [4.78, 5) is 5.80. The molecule has 19 heavy (non-hydrogen) atoms. The van der Waals surface area contributed by atoms with Crippen LogP contribution in [-0.2, 0) is 11.3 Å². The highest BCUT2D eigenvalue weighted by molar-refractivity contribution is 7.99. The smallest absolute Gasteiger partial charge is 0.194 e. The molecule has 0 fully saturated rings. The predicted molar refractivity (Wildman–Crippen MR) is 82.2 cm³/mol. The Morgan fingerprint density at radius 2 is 2.37 bits per heavy atom. The SMILES string of the molecule is COCCNCc1c(SCC(C)C)nc2sccn12. The summed E-state index contributed by atoms with van der Waals surface area (Å²) in [6.07, 6.45) is 2.10. The van der Waals surface area contributed by atoms with E-state index in [1.165, 1.54) is 5.69 Å². The van der Waals surface area contributed by atoms with Crippen molar-refractivity contribution in [3.63, 3.8) is 0 Å². The van der Waals surface area contributed by atoms with Crippen molar-refractivity contribution in [3.05, 3.63) is 17.3 Å². The second-order valence-electron chi connectivity index (χ2n) is 4.79. The van der Waals surface area contributed by atoms with Gasteiger partial charge in [0.05, 0.1) is 12.3 Å². The topological polar surface area (TPSA) is 38.6 Å². The molecule has 6 heteroatoms. The van der Waals surface area contributed by atoms with Gasteiger partial charge in [-0.05, 0) is 5.92 Å². The molecule has 0 saturated carbocycles. The van der Waals surface area contributed by atoms with Gasteiger partial charge in [0.15, 0.2) is 4.96 Å². The third kappa shape index (κ3) is 3.95. The van der Waals surface area contributed by atoms with E-state index in [1.807, 2.05) is 11.8 Å². The summed E-state index contributed by atoms with van der Waals surface area (Å²) in [7, 11) is 1.72. The van der Waals surface area contributed by atoms with Gasteiger partial charge in [0.2, 0.25) is 0 Å². The second-order valence-corrected chi connectivity index (χ2v) is 6.68. The number of thioether (sulfide) groups is 1. The molecule has 0 aromatic carbocycles. The quantitative estimate of drug-likeness (QED) is 0.601. The minimum atomic E-state index is 0.680. The van der Waals surface area contributed by atoms with Crippen molar-refractivity contribution >= 4 is 28.1 Å². The Morgan fingerprint density at radius 3 is 3.11 bits per heavy atom. The van der Waals surface area contributed by atoms with Crippen molar-refractivity contribution in [2.45, 2.75) is 25.4 Å². The summed E-state index contributed by atoms with van der Waals surface area (Å²) in [5.74, 6) is 1.79. The first kappa shape index (κ1) is 14.8. The highest BCUT2D eigenvalue weighted by Crippen LogP contribution is 2.27. The molecule has 2 rings (SSSR count). The fourth-order valence-electron chi connectivity index (χ4n) is 1.72. The first-order valence-corrected chi connectivity index (χ1v) is 8.35. The Hall–Kier alpha value is -0.560. The summed E-state index contributed by atoms with van der Waals surface area (Å²) in [5.41, 5.74) is 1.26. The fraction of sp³-hybridized carbons (Fsp3) is 0.615. The number of nitrogens with zero attached hydrogens (tertiary/aromatic N) is 2. The average Bonchev–Trinajstić information content (AvgIpc) is 2.93. The van der Waals surface area contributed by atoms with Gasteiger partial charge < -0.3 is 10.1 Å². The van der Waals surface area contributed by atoms with Crippen LogP contribution in [0.15, 0.2) is 16.6 Å². The van der Waals surface area contributed by atoms with Crippen LogP contribution in [0.3, 0.4) is 0 Å². The molecule has 0 atom stereocenters. The van der Waals surface area contributed by atoms with Crippen molar-refractivity contribution in [2.24, 2.45) is 5.92 Å². The number of aromatic nitrogens is 2. The average molecular weight is 299 g/mol. The first-order chi connectivity index (χ1) is 9.22. The monoisotopic (exact) mass is 299 g/mol. The maximum absolute atomic E-state index is 5.05. The molecule has 0 saturated heterocycles. The summed E-state index contributed by atoms with van der Waals surface area (Å²) >= 11 is 3.54. The Morgan fingerprint density at radius 1 is 1.53 bits per heavy atom. The lowest BCUT2D eigenvalue weighted by Crippen LogP contribution is -2.19. The van der Waals surface area contributed by atoms with E-state index >= 15 is 0 Å². The van der Waals surface area contributed by atoms with Gasteiger partial charge in [0.1, 0.15) is 5.03 Å². The minimum absolute atomic E-state index is 0.680. The van der Waals surface area contributed by atoms with Gasteiger partial charge in [0.25, 0.3) is 0 Å². The number of imidazole rings is 1. The van der Waals surface area contributed by atoms with Crippen LogP contribution >= 0.6 is 23.1 Å². The van der Waals surface area contributed by atoms with Gasteiger partial charge in [-0.15, -0.1) is 23.1 Å². The number of ether oxygens (including phenoxy) is 1. The van der Waals surface area contributed by atoms with Crippen molar-refractivity contribution in [1.29, 1.82) is 0 Å². The van der Waals surface area contributed by atoms with Gasteiger partial charge in [-0.1, -0.05) is 13.8 Å². The lowest BCUT2D eigenvalue weighted by atomic mass is 10.3. The van der Waals surface area contributed by atoms with Crippen LogP contribution in [0.2, 0.25) is 0 Å². The molecule has 2 aromatic heterocycles. The van der Waals surface area contributed by atoms with E-state index in [4.69, 9.17) is 9.72 Å². The molecule has 2 aromatic rings. The third-order valence-electron chi connectivity index (χ3n) is 2.65. The molecule has 0 amide bonds. The van der Waals surface area contributed by atoms with E-state index in [2.05, 4.69) is 35.1 Å². The fourth-order valence-corrected chi connectivity index (χ4v) is 3.49. The molecule has 106 valence electrons. The van der Waals surface area contributed by atoms with Gasteiger partial charge in [-0.2, -0.15) is 0 Å². The molecule has 0 unspecified atom stereocenters. The van der Waals surface area contributed by atoms with Crippen LogP contribution in [0, 0.1) is 5.92 Å². The summed E-state index contributed by atoms with van der Waals surface area (Å²) in [6.45, 7) is 6.91. The van der Waals surface area contributed by atoms with Crippen LogP contribution in [0.4, 0.5) is 0 Å². The van der Waals surface area contributed by atoms with Crippen LogP contribution in [0.5, 0.6) is 0 Å². The number of fused-ring (bicyclic) bond motifs is 1. The summed E-state index contributed by atoms with van der Waals surface area (Å²) in [6, 6.07) is 0. The Kier molecular flexibility index (Phi) is 5.69. The molecule has 0 radical (unpaired) electrons. The zero-order valence-electron chi connectivity index (χ0n) is 11.7. The summed E-state index contributed by atoms with van der Waals surface area (Å²) in [5, 5.41) is 6.64.